The Balaban J connectivity index is -0.0000000686. The van der Waals surface area contributed by atoms with Crippen molar-refractivity contribution in [2.24, 2.45) is 11.8 Å². The maximum atomic E-state index is 8.24. The van der Waals surface area contributed by atoms with Gasteiger partial charge in [0.05, 0.1) is 0 Å². The molecule has 0 bridgehead atoms. The van der Waals surface area contributed by atoms with E-state index in [2.05, 4.69) is 34.6 Å². The van der Waals surface area contributed by atoms with Gasteiger partial charge in [-0.25, -0.2) is 0 Å². The summed E-state index contributed by atoms with van der Waals surface area (Å²) in [5.74, 6) is 1.55. The first-order valence-corrected chi connectivity index (χ1v) is 6.60. The highest BCUT2D eigenvalue weighted by Gasteiger charge is 1.86. The molecule has 0 saturated carbocycles. The van der Waals surface area contributed by atoms with Gasteiger partial charge in [-0.2, -0.15) is 0 Å². The van der Waals surface area contributed by atoms with E-state index in [0.29, 0.717) is 12.5 Å². The molecule has 0 aliphatic carbocycles. The molecule has 2 heteroatoms. The van der Waals surface area contributed by atoms with Gasteiger partial charge in [0, 0.05) is 13.7 Å². The Morgan fingerprint density at radius 3 is 1.12 bits per heavy atom. The average Bonchev–Trinajstić information content (AvgIpc) is 2.24. The van der Waals surface area contributed by atoms with Crippen molar-refractivity contribution in [3.63, 3.8) is 0 Å². The Hall–Kier alpha value is -0.0800. The molecule has 0 radical (unpaired) electrons. The lowest BCUT2D eigenvalue weighted by Gasteiger charge is -1.95. The summed E-state index contributed by atoms with van der Waals surface area (Å²) < 4.78 is 0. The van der Waals surface area contributed by atoms with Gasteiger partial charge in [-0.15, -0.1) is 0 Å². The monoisotopic (exact) mass is 236 g/mol. The van der Waals surface area contributed by atoms with E-state index in [9.17, 15) is 0 Å². The lowest BCUT2D eigenvalue weighted by molar-refractivity contribution is 0.268. The van der Waals surface area contributed by atoms with Crippen LogP contribution in [-0.2, 0) is 0 Å². The van der Waals surface area contributed by atoms with Crippen LogP contribution in [0.3, 0.4) is 0 Å². The van der Waals surface area contributed by atoms with Crippen LogP contribution < -0.4 is 0 Å². The third-order valence-electron chi connectivity index (χ3n) is 1.57. The fraction of sp³-hybridized carbons (Fsp3) is 1.00. The van der Waals surface area contributed by atoms with Crippen molar-refractivity contribution < 1.29 is 10.2 Å². The van der Waals surface area contributed by atoms with Gasteiger partial charge in [0.15, 0.2) is 0 Å². The molecule has 0 atom stereocenters. The summed E-state index contributed by atoms with van der Waals surface area (Å²) in [5, 5.41) is 15.2. The van der Waals surface area contributed by atoms with E-state index in [1.165, 1.54) is 12.8 Å². The summed E-state index contributed by atoms with van der Waals surface area (Å²) in [4.78, 5) is 0. The molecular weight excluding hydrogens is 200 g/mol. The number of hydrogen-bond acceptors (Lipinski definition) is 2. The third kappa shape index (κ3) is 66.3. The van der Waals surface area contributed by atoms with Crippen LogP contribution in [0, 0.1) is 11.8 Å². The maximum absolute atomic E-state index is 8.24. The molecule has 104 valence electrons. The van der Waals surface area contributed by atoms with Gasteiger partial charge in [0.2, 0.25) is 0 Å². The number of aliphatic hydroxyl groups is 2. The van der Waals surface area contributed by atoms with Gasteiger partial charge in [0.1, 0.15) is 0 Å². The summed E-state index contributed by atoms with van der Waals surface area (Å²) in [7, 11) is 1.00. The zero-order chi connectivity index (χ0) is 14.0. The molecule has 0 unspecified atom stereocenters. The Morgan fingerprint density at radius 2 is 1.12 bits per heavy atom. The normalized spacial score (nSPS) is 8.25. The summed E-state index contributed by atoms with van der Waals surface area (Å²) in [6.07, 6.45) is 3.64. The Kier molecular flexibility index (Phi) is 45.8. The molecule has 0 aromatic carbocycles. The molecule has 0 aliphatic heterocycles. The van der Waals surface area contributed by atoms with Crippen LogP contribution in [0.1, 0.15) is 67.7 Å². The molecule has 0 aromatic rings. The highest BCUT2D eigenvalue weighted by atomic mass is 16.3. The average molecular weight is 236 g/mol. The van der Waals surface area contributed by atoms with Crippen LogP contribution in [0.5, 0.6) is 0 Å². The molecule has 0 amide bonds. The van der Waals surface area contributed by atoms with E-state index in [0.717, 1.165) is 19.4 Å². The fourth-order valence-corrected chi connectivity index (χ4v) is 0.836. The summed E-state index contributed by atoms with van der Waals surface area (Å²) in [6, 6.07) is 0. The van der Waals surface area contributed by atoms with Crippen molar-refractivity contribution in [1.29, 1.82) is 0 Å². The first kappa shape index (κ1) is 24.9. The lowest BCUT2D eigenvalue weighted by Crippen LogP contribution is -1.89. The van der Waals surface area contributed by atoms with Crippen molar-refractivity contribution in [2.75, 3.05) is 13.7 Å². The van der Waals surface area contributed by atoms with Crippen LogP contribution in [0.4, 0.5) is 0 Å². The van der Waals surface area contributed by atoms with Crippen LogP contribution in [0.2, 0.25) is 0 Å². The highest BCUT2D eigenvalue weighted by molar-refractivity contribution is 4.39. The molecule has 0 heterocycles. The molecule has 16 heavy (non-hydrogen) atoms. The minimum Gasteiger partial charge on any atom is -0.400 e. The predicted octanol–water partition coefficient (Wildman–Crippen LogP) is 4.10. The van der Waals surface area contributed by atoms with Crippen LogP contribution in [-0.4, -0.2) is 23.9 Å². The molecule has 2 N–H and O–H groups in total. The first-order chi connectivity index (χ1) is 7.54. The third-order valence-corrected chi connectivity index (χ3v) is 1.57. The maximum Gasteiger partial charge on any atom is 0.0433 e. The minimum atomic E-state index is 0.331. The topological polar surface area (TPSA) is 40.5 Å². The van der Waals surface area contributed by atoms with Gasteiger partial charge >= 0.3 is 0 Å². The van der Waals surface area contributed by atoms with Gasteiger partial charge in [-0.1, -0.05) is 61.3 Å². The number of rotatable bonds is 4. The lowest BCUT2D eigenvalue weighted by atomic mass is 10.1. The molecule has 0 aromatic heterocycles. The fourth-order valence-electron chi connectivity index (χ4n) is 0.836. The summed E-state index contributed by atoms with van der Waals surface area (Å²) in [6.45, 7) is 15.2. The van der Waals surface area contributed by atoms with Crippen molar-refractivity contribution in [2.45, 2.75) is 67.7 Å². The Labute approximate surface area is 104 Å². The van der Waals surface area contributed by atoms with Gasteiger partial charge in [0.25, 0.3) is 0 Å². The second kappa shape index (κ2) is 29.4. The van der Waals surface area contributed by atoms with E-state index in [1.54, 1.807) is 0 Å². The largest absolute Gasteiger partial charge is 0.400 e. The zero-order valence-electron chi connectivity index (χ0n) is 12.9. The number of hydrogen-bond donors (Lipinski definition) is 2. The SMILES string of the molecule is CC.CC(C)CCO.CCCC(C)C.CO. The Morgan fingerprint density at radius 1 is 0.812 bits per heavy atom. The molecule has 2 nitrogen and oxygen atoms in total. The van der Waals surface area contributed by atoms with Crippen molar-refractivity contribution in [1.82, 2.24) is 0 Å². The molecule has 0 rings (SSSR count). The molecule has 0 spiro atoms. The number of aliphatic hydroxyl groups excluding tert-OH is 2. The van der Waals surface area contributed by atoms with Crippen molar-refractivity contribution in [3.8, 4) is 0 Å². The molecular formula is C14H36O2. The van der Waals surface area contributed by atoms with Gasteiger partial charge in [-0.3, -0.25) is 0 Å². The second-order valence-corrected chi connectivity index (χ2v) is 4.09. The van der Waals surface area contributed by atoms with E-state index in [4.69, 9.17) is 10.2 Å². The van der Waals surface area contributed by atoms with Crippen molar-refractivity contribution in [3.05, 3.63) is 0 Å². The molecule has 0 saturated heterocycles. The van der Waals surface area contributed by atoms with E-state index in [1.807, 2.05) is 13.8 Å². The van der Waals surface area contributed by atoms with Crippen LogP contribution in [0.15, 0.2) is 0 Å². The molecule has 0 fully saturated rings. The summed E-state index contributed by atoms with van der Waals surface area (Å²) >= 11 is 0. The summed E-state index contributed by atoms with van der Waals surface area (Å²) in [5.41, 5.74) is 0. The van der Waals surface area contributed by atoms with Gasteiger partial charge in [-0.05, 0) is 18.3 Å². The predicted molar refractivity (Wildman–Crippen MR) is 75.8 cm³/mol. The highest BCUT2D eigenvalue weighted by Crippen LogP contribution is 2.00. The first-order valence-electron chi connectivity index (χ1n) is 6.60. The minimum absolute atomic E-state index is 0.331. The van der Waals surface area contributed by atoms with Gasteiger partial charge < -0.3 is 10.2 Å². The van der Waals surface area contributed by atoms with Crippen LogP contribution >= 0.6 is 0 Å². The second-order valence-electron chi connectivity index (χ2n) is 4.09. The Bertz CT molecular complexity index is 61.1. The van der Waals surface area contributed by atoms with E-state index >= 15 is 0 Å². The quantitative estimate of drug-likeness (QED) is 0.771. The standard InChI is InChI=1S/C6H14.C5H12O.C2H6.CH4O/c1-4-5-6(2)3;1-5(2)3-4-6;2*1-2/h6H,4-5H2,1-3H3;5-6H,3-4H2,1-2H3;1-2H3;2H,1H3. The van der Waals surface area contributed by atoms with Crippen LogP contribution in [0.25, 0.3) is 0 Å². The zero-order valence-corrected chi connectivity index (χ0v) is 12.9. The van der Waals surface area contributed by atoms with E-state index in [-0.39, 0.29) is 0 Å². The van der Waals surface area contributed by atoms with E-state index < -0.39 is 0 Å². The molecule has 0 aliphatic rings. The van der Waals surface area contributed by atoms with Crippen molar-refractivity contribution >= 4 is 0 Å². The smallest absolute Gasteiger partial charge is 0.0433 e.